The molecule has 0 saturated heterocycles. The molecule has 1 aromatic carbocycles. The van der Waals surface area contributed by atoms with Crippen LogP contribution in [0.1, 0.15) is 44.6 Å². The Morgan fingerprint density at radius 2 is 1.94 bits per heavy atom. The molecule has 4 heteroatoms. The van der Waals surface area contributed by atoms with E-state index in [4.69, 9.17) is 5.11 Å². The van der Waals surface area contributed by atoms with E-state index in [0.29, 0.717) is 12.8 Å². The van der Waals surface area contributed by atoms with Gasteiger partial charge in [0.15, 0.2) is 11.6 Å². The van der Waals surface area contributed by atoms with E-state index in [2.05, 4.69) is 0 Å². The Kier molecular flexibility index (Phi) is 5.25. The molecular weight excluding hydrogens is 238 g/mol. The van der Waals surface area contributed by atoms with Gasteiger partial charge in [0.05, 0.1) is 0 Å². The van der Waals surface area contributed by atoms with Crippen LogP contribution in [-0.4, -0.2) is 11.1 Å². The minimum atomic E-state index is -0.855. The number of carboxylic acid groups (broad SMARTS) is 1. The summed E-state index contributed by atoms with van der Waals surface area (Å²) >= 11 is 0. The van der Waals surface area contributed by atoms with Crippen LogP contribution in [0.25, 0.3) is 0 Å². The zero-order valence-electron chi connectivity index (χ0n) is 10.6. The third-order valence-corrected chi connectivity index (χ3v) is 3.08. The Morgan fingerprint density at radius 1 is 1.28 bits per heavy atom. The van der Waals surface area contributed by atoms with E-state index < -0.39 is 17.6 Å². The van der Waals surface area contributed by atoms with Crippen molar-refractivity contribution in [3.05, 3.63) is 35.4 Å². The highest BCUT2D eigenvalue weighted by atomic mass is 19.2. The minimum absolute atomic E-state index is 0.0550. The van der Waals surface area contributed by atoms with Gasteiger partial charge < -0.3 is 5.11 Å². The lowest BCUT2D eigenvalue weighted by Crippen LogP contribution is -2.08. The second-order valence-electron chi connectivity index (χ2n) is 4.81. The van der Waals surface area contributed by atoms with Crippen molar-refractivity contribution in [1.29, 1.82) is 0 Å². The third kappa shape index (κ3) is 4.09. The molecule has 0 saturated carbocycles. The van der Waals surface area contributed by atoms with Gasteiger partial charge in [-0.3, -0.25) is 4.79 Å². The largest absolute Gasteiger partial charge is 0.481 e. The molecule has 0 heterocycles. The smallest absolute Gasteiger partial charge is 0.303 e. The Balaban J connectivity index is 2.77. The quantitative estimate of drug-likeness (QED) is 0.836. The molecule has 0 aliphatic rings. The fraction of sp³-hybridized carbons (Fsp3) is 0.500. The van der Waals surface area contributed by atoms with Crippen LogP contribution in [0.4, 0.5) is 8.78 Å². The molecule has 0 aliphatic carbocycles. The van der Waals surface area contributed by atoms with Crippen molar-refractivity contribution >= 4 is 5.97 Å². The van der Waals surface area contributed by atoms with Crippen molar-refractivity contribution in [2.45, 2.75) is 39.0 Å². The van der Waals surface area contributed by atoms with E-state index in [1.165, 1.54) is 6.07 Å². The summed E-state index contributed by atoms with van der Waals surface area (Å²) in [6.07, 6.45) is 1.30. The van der Waals surface area contributed by atoms with Crippen molar-refractivity contribution in [3.63, 3.8) is 0 Å². The highest BCUT2D eigenvalue weighted by Crippen LogP contribution is 2.30. The van der Waals surface area contributed by atoms with Crippen LogP contribution in [-0.2, 0) is 4.79 Å². The molecule has 0 bridgehead atoms. The van der Waals surface area contributed by atoms with Gasteiger partial charge in [-0.25, -0.2) is 8.78 Å². The SMILES string of the molecule is CC(C)C(CCCC(=O)O)c1ccc(F)c(F)c1. The number of benzene rings is 1. The zero-order valence-corrected chi connectivity index (χ0v) is 10.6. The third-order valence-electron chi connectivity index (χ3n) is 3.08. The Hall–Kier alpha value is -1.45. The molecule has 1 atom stereocenters. The van der Waals surface area contributed by atoms with Gasteiger partial charge in [0, 0.05) is 6.42 Å². The summed E-state index contributed by atoms with van der Waals surface area (Å²) in [4.78, 5) is 10.5. The Morgan fingerprint density at radius 3 is 2.44 bits per heavy atom. The highest BCUT2D eigenvalue weighted by molar-refractivity contribution is 5.66. The van der Waals surface area contributed by atoms with Crippen LogP contribution >= 0.6 is 0 Å². The minimum Gasteiger partial charge on any atom is -0.481 e. The van der Waals surface area contributed by atoms with E-state index in [1.807, 2.05) is 13.8 Å². The molecule has 1 N–H and O–H groups in total. The molecule has 0 aromatic heterocycles. The molecule has 0 radical (unpaired) electrons. The molecule has 0 spiro atoms. The molecule has 0 amide bonds. The average molecular weight is 256 g/mol. The summed E-state index contributed by atoms with van der Waals surface area (Å²) < 4.78 is 26.1. The maximum atomic E-state index is 13.2. The van der Waals surface area contributed by atoms with E-state index in [1.54, 1.807) is 6.07 Å². The zero-order chi connectivity index (χ0) is 13.7. The van der Waals surface area contributed by atoms with Gasteiger partial charge in [-0.1, -0.05) is 19.9 Å². The number of aliphatic carboxylic acids is 1. The lowest BCUT2D eigenvalue weighted by Gasteiger charge is -2.21. The van der Waals surface area contributed by atoms with Crippen LogP contribution in [0, 0.1) is 17.6 Å². The van der Waals surface area contributed by atoms with Gasteiger partial charge in [0.1, 0.15) is 0 Å². The summed E-state index contributed by atoms with van der Waals surface area (Å²) in [5.74, 6) is -2.23. The number of carbonyl (C=O) groups is 1. The highest BCUT2D eigenvalue weighted by Gasteiger charge is 2.17. The fourth-order valence-corrected chi connectivity index (χ4v) is 2.10. The predicted octanol–water partition coefficient (Wildman–Crippen LogP) is 3.96. The number of halogens is 2. The van der Waals surface area contributed by atoms with Gasteiger partial charge in [-0.2, -0.15) is 0 Å². The number of hydrogen-bond donors (Lipinski definition) is 1. The second-order valence-corrected chi connectivity index (χ2v) is 4.81. The molecule has 2 nitrogen and oxygen atoms in total. The van der Waals surface area contributed by atoms with E-state index in [0.717, 1.165) is 11.6 Å². The van der Waals surface area contributed by atoms with Crippen molar-refractivity contribution in [2.24, 2.45) is 5.92 Å². The standard InChI is InChI=1S/C14H18F2O2/c1-9(2)11(4-3-5-14(17)18)10-6-7-12(15)13(16)8-10/h6-9,11H,3-5H2,1-2H3,(H,17,18). The fourth-order valence-electron chi connectivity index (χ4n) is 2.10. The van der Waals surface area contributed by atoms with Gasteiger partial charge >= 0.3 is 5.97 Å². The number of carboxylic acids is 1. The maximum absolute atomic E-state index is 13.2. The van der Waals surface area contributed by atoms with Crippen LogP contribution in [0.2, 0.25) is 0 Å². The lowest BCUT2D eigenvalue weighted by molar-refractivity contribution is -0.137. The van der Waals surface area contributed by atoms with Gasteiger partial charge in [0.2, 0.25) is 0 Å². The first-order valence-corrected chi connectivity index (χ1v) is 6.08. The molecule has 0 fully saturated rings. The Labute approximate surface area is 106 Å². The van der Waals surface area contributed by atoms with Gasteiger partial charge in [-0.15, -0.1) is 0 Å². The molecule has 18 heavy (non-hydrogen) atoms. The van der Waals surface area contributed by atoms with Crippen molar-refractivity contribution in [2.75, 3.05) is 0 Å². The Bertz CT molecular complexity index is 416. The second kappa shape index (κ2) is 6.47. The van der Waals surface area contributed by atoms with Crippen molar-refractivity contribution in [3.8, 4) is 0 Å². The van der Waals surface area contributed by atoms with Crippen molar-refractivity contribution < 1.29 is 18.7 Å². The normalized spacial score (nSPS) is 12.7. The first-order valence-electron chi connectivity index (χ1n) is 6.08. The summed E-state index contributed by atoms with van der Waals surface area (Å²) in [7, 11) is 0. The average Bonchev–Trinajstić information content (AvgIpc) is 2.27. The van der Waals surface area contributed by atoms with Crippen LogP contribution in [0.5, 0.6) is 0 Å². The monoisotopic (exact) mass is 256 g/mol. The summed E-state index contributed by atoms with van der Waals surface area (Å²) in [6, 6.07) is 3.90. The molecule has 1 aromatic rings. The lowest BCUT2D eigenvalue weighted by atomic mass is 9.84. The summed E-state index contributed by atoms with van der Waals surface area (Å²) in [5.41, 5.74) is 0.731. The molecule has 100 valence electrons. The van der Waals surface area contributed by atoms with Gasteiger partial charge in [0.25, 0.3) is 0 Å². The topological polar surface area (TPSA) is 37.3 Å². The number of hydrogen-bond acceptors (Lipinski definition) is 1. The first-order chi connectivity index (χ1) is 8.41. The molecular formula is C14H18F2O2. The van der Waals surface area contributed by atoms with E-state index in [-0.39, 0.29) is 18.3 Å². The molecule has 1 unspecified atom stereocenters. The van der Waals surface area contributed by atoms with Crippen LogP contribution < -0.4 is 0 Å². The van der Waals surface area contributed by atoms with Crippen molar-refractivity contribution in [1.82, 2.24) is 0 Å². The number of rotatable bonds is 6. The maximum Gasteiger partial charge on any atom is 0.303 e. The van der Waals surface area contributed by atoms with E-state index in [9.17, 15) is 13.6 Å². The predicted molar refractivity (Wildman–Crippen MR) is 65.4 cm³/mol. The van der Waals surface area contributed by atoms with Crippen LogP contribution in [0.15, 0.2) is 18.2 Å². The first kappa shape index (κ1) is 14.6. The summed E-state index contributed by atoms with van der Waals surface area (Å²) in [6.45, 7) is 3.99. The summed E-state index contributed by atoms with van der Waals surface area (Å²) in [5, 5.41) is 8.61. The van der Waals surface area contributed by atoms with E-state index >= 15 is 0 Å². The molecule has 1 rings (SSSR count). The van der Waals surface area contributed by atoms with Crippen LogP contribution in [0.3, 0.4) is 0 Å². The van der Waals surface area contributed by atoms with Gasteiger partial charge in [-0.05, 0) is 42.4 Å². The molecule has 0 aliphatic heterocycles.